The van der Waals surface area contributed by atoms with Gasteiger partial charge in [-0.15, -0.1) is 0 Å². The third kappa shape index (κ3) is 3.93. The molecule has 0 unspecified atom stereocenters. The zero-order chi connectivity index (χ0) is 23.8. The predicted molar refractivity (Wildman–Crippen MR) is 130 cm³/mol. The first-order valence-electron chi connectivity index (χ1n) is 12.1. The summed E-state index contributed by atoms with van der Waals surface area (Å²) in [7, 11) is 1.41. The number of amides is 1. The van der Waals surface area contributed by atoms with Crippen LogP contribution in [0.4, 0.5) is 10.5 Å². The summed E-state index contributed by atoms with van der Waals surface area (Å²) < 4.78 is 7.36. The first kappa shape index (κ1) is 22.4. The van der Waals surface area contributed by atoms with Crippen molar-refractivity contribution < 1.29 is 19.4 Å². The van der Waals surface area contributed by atoms with Gasteiger partial charge in [-0.05, 0) is 56.7 Å². The first-order chi connectivity index (χ1) is 16.5. The van der Waals surface area contributed by atoms with E-state index in [4.69, 9.17) is 9.72 Å². The largest absolute Gasteiger partial charge is 0.481 e. The van der Waals surface area contributed by atoms with Crippen LogP contribution in [0.25, 0.3) is 11.0 Å². The Morgan fingerprint density at radius 1 is 1.12 bits per heavy atom. The van der Waals surface area contributed by atoms with E-state index in [0.29, 0.717) is 12.8 Å². The number of benzene rings is 2. The van der Waals surface area contributed by atoms with Crippen LogP contribution in [-0.2, 0) is 22.4 Å². The van der Waals surface area contributed by atoms with Crippen molar-refractivity contribution in [3.63, 3.8) is 0 Å². The normalized spacial score (nSPS) is 22.4. The maximum Gasteiger partial charge on any atom is 0.414 e. The second-order valence-electron chi connectivity index (χ2n) is 9.57. The average Bonchev–Trinajstić information content (AvgIpc) is 3.22. The molecule has 2 aliphatic rings. The van der Waals surface area contributed by atoms with Crippen LogP contribution in [0.2, 0.25) is 0 Å². The Bertz CT molecular complexity index is 1220. The molecule has 0 bridgehead atoms. The van der Waals surface area contributed by atoms with E-state index in [1.807, 2.05) is 37.3 Å². The Morgan fingerprint density at radius 2 is 1.91 bits per heavy atom. The number of aliphatic carboxylic acids is 1. The molecule has 5 rings (SSSR count). The number of fused-ring (bicyclic) bond motifs is 3. The second-order valence-corrected chi connectivity index (χ2v) is 9.57. The lowest BCUT2D eigenvalue weighted by atomic mass is 9.85. The standard InChI is InChI=1S/C27H31N3O4/c1-17-11-12-21-22(29(17)27(33)34-2)13-14-23-25(21)28-24(15-18-7-4-3-5-8-18)30(23)20-10-6-9-19(16-20)26(31)32/h3-5,7-8,13-14,17,19-20H,6,9-12,15-16H2,1-2H3,(H,31,32)/t17-,19+,20-/m0/s1. The van der Waals surface area contributed by atoms with Crippen molar-refractivity contribution in [2.75, 3.05) is 12.0 Å². The summed E-state index contributed by atoms with van der Waals surface area (Å²) in [6.07, 6.45) is 5.19. The van der Waals surface area contributed by atoms with Crippen molar-refractivity contribution in [3.05, 3.63) is 59.4 Å². The van der Waals surface area contributed by atoms with Gasteiger partial charge in [0.05, 0.1) is 29.7 Å². The molecule has 178 valence electrons. The van der Waals surface area contributed by atoms with E-state index in [9.17, 15) is 14.7 Å². The number of imidazole rings is 1. The van der Waals surface area contributed by atoms with E-state index >= 15 is 0 Å². The number of rotatable bonds is 4. The minimum absolute atomic E-state index is 0.0537. The molecule has 1 aromatic heterocycles. The number of ether oxygens (including phenoxy) is 1. The summed E-state index contributed by atoms with van der Waals surface area (Å²) in [5, 5.41) is 9.68. The number of carbonyl (C=O) groups excluding carboxylic acids is 1. The Labute approximate surface area is 199 Å². The highest BCUT2D eigenvalue weighted by Crippen LogP contribution is 2.40. The van der Waals surface area contributed by atoms with Gasteiger partial charge in [0.25, 0.3) is 0 Å². The molecular weight excluding hydrogens is 430 g/mol. The SMILES string of the molecule is COC(=O)N1c2ccc3c(nc(Cc4ccccc4)n3[C@H]3CCC[C@@H](C(=O)O)C3)c2CC[C@@H]1C. The van der Waals surface area contributed by atoms with Gasteiger partial charge in [0.15, 0.2) is 0 Å². The van der Waals surface area contributed by atoms with E-state index in [-0.39, 0.29) is 24.1 Å². The summed E-state index contributed by atoms with van der Waals surface area (Å²) >= 11 is 0. The van der Waals surface area contributed by atoms with Crippen LogP contribution in [0.5, 0.6) is 0 Å². The van der Waals surface area contributed by atoms with Gasteiger partial charge in [0.2, 0.25) is 0 Å². The van der Waals surface area contributed by atoms with Crippen LogP contribution >= 0.6 is 0 Å². The molecule has 2 aromatic carbocycles. The van der Waals surface area contributed by atoms with Crippen molar-refractivity contribution >= 4 is 28.8 Å². The summed E-state index contributed by atoms with van der Waals surface area (Å²) in [5.74, 6) is -0.0817. The molecule has 3 aromatic rings. The van der Waals surface area contributed by atoms with Crippen molar-refractivity contribution in [3.8, 4) is 0 Å². The lowest BCUT2D eigenvalue weighted by Crippen LogP contribution is -2.42. The monoisotopic (exact) mass is 461 g/mol. The Kier molecular flexibility index (Phi) is 6.02. The van der Waals surface area contributed by atoms with Gasteiger partial charge >= 0.3 is 12.1 Å². The number of hydrogen-bond acceptors (Lipinski definition) is 4. The number of hydrogen-bond donors (Lipinski definition) is 1. The fourth-order valence-corrected chi connectivity index (χ4v) is 5.76. The highest BCUT2D eigenvalue weighted by atomic mass is 16.5. The lowest BCUT2D eigenvalue weighted by molar-refractivity contribution is -0.143. The van der Waals surface area contributed by atoms with Gasteiger partial charge in [0.1, 0.15) is 5.82 Å². The molecule has 3 atom stereocenters. The molecule has 0 radical (unpaired) electrons. The fraction of sp³-hybridized carbons (Fsp3) is 0.444. The van der Waals surface area contributed by atoms with Crippen molar-refractivity contribution in [2.24, 2.45) is 5.92 Å². The quantitative estimate of drug-likeness (QED) is 0.566. The molecule has 1 saturated carbocycles. The van der Waals surface area contributed by atoms with Crippen LogP contribution in [0, 0.1) is 5.92 Å². The predicted octanol–water partition coefficient (Wildman–Crippen LogP) is 5.35. The summed E-state index contributed by atoms with van der Waals surface area (Å²) in [5.41, 5.74) is 5.05. The van der Waals surface area contributed by atoms with Crippen LogP contribution in [0.1, 0.15) is 62.0 Å². The highest BCUT2D eigenvalue weighted by molar-refractivity contribution is 5.95. The van der Waals surface area contributed by atoms with E-state index in [0.717, 1.165) is 60.2 Å². The van der Waals surface area contributed by atoms with Crippen LogP contribution in [0.3, 0.4) is 0 Å². The minimum Gasteiger partial charge on any atom is -0.481 e. The van der Waals surface area contributed by atoms with E-state index in [2.05, 4.69) is 16.7 Å². The number of carbonyl (C=O) groups is 2. The number of anilines is 1. The maximum absolute atomic E-state index is 12.6. The fourth-order valence-electron chi connectivity index (χ4n) is 5.76. The molecule has 1 aliphatic carbocycles. The van der Waals surface area contributed by atoms with Crippen LogP contribution < -0.4 is 4.90 Å². The average molecular weight is 462 g/mol. The summed E-state index contributed by atoms with van der Waals surface area (Å²) in [4.78, 5) is 31.2. The van der Waals surface area contributed by atoms with Gasteiger partial charge < -0.3 is 14.4 Å². The molecule has 34 heavy (non-hydrogen) atoms. The van der Waals surface area contributed by atoms with Gasteiger partial charge in [-0.3, -0.25) is 9.69 Å². The zero-order valence-electron chi connectivity index (χ0n) is 19.7. The number of methoxy groups -OCH3 is 1. The Hall–Kier alpha value is -3.35. The van der Waals surface area contributed by atoms with E-state index < -0.39 is 5.97 Å². The minimum atomic E-state index is -0.709. The smallest absolute Gasteiger partial charge is 0.414 e. The number of carboxylic acid groups (broad SMARTS) is 1. The number of carboxylic acids is 1. The van der Waals surface area contributed by atoms with Crippen LogP contribution in [-0.4, -0.2) is 39.9 Å². The number of aryl methyl sites for hydroxylation is 1. The number of nitrogens with zero attached hydrogens (tertiary/aromatic N) is 3. The molecule has 0 spiro atoms. The highest BCUT2D eigenvalue weighted by Gasteiger charge is 2.34. The van der Waals surface area contributed by atoms with E-state index in [1.165, 1.54) is 12.7 Å². The Balaban J connectivity index is 1.65. The molecule has 7 nitrogen and oxygen atoms in total. The van der Waals surface area contributed by atoms with Crippen molar-refractivity contribution in [2.45, 2.75) is 64.0 Å². The van der Waals surface area contributed by atoms with Gasteiger partial charge in [0, 0.05) is 24.1 Å². The van der Waals surface area contributed by atoms with Crippen molar-refractivity contribution in [1.29, 1.82) is 0 Å². The molecule has 1 fully saturated rings. The second kappa shape index (κ2) is 9.12. The molecule has 1 amide bonds. The van der Waals surface area contributed by atoms with E-state index in [1.54, 1.807) is 4.90 Å². The van der Waals surface area contributed by atoms with Crippen LogP contribution in [0.15, 0.2) is 42.5 Å². The lowest BCUT2D eigenvalue weighted by Gasteiger charge is -2.34. The maximum atomic E-state index is 12.6. The summed E-state index contributed by atoms with van der Waals surface area (Å²) in [6.45, 7) is 2.04. The first-order valence-corrected chi connectivity index (χ1v) is 12.1. The van der Waals surface area contributed by atoms with Crippen molar-refractivity contribution in [1.82, 2.24) is 9.55 Å². The molecule has 1 aliphatic heterocycles. The Morgan fingerprint density at radius 3 is 2.65 bits per heavy atom. The molecule has 7 heteroatoms. The van der Waals surface area contributed by atoms with Gasteiger partial charge in [-0.25, -0.2) is 9.78 Å². The number of aromatic nitrogens is 2. The molecule has 1 N–H and O–H groups in total. The summed E-state index contributed by atoms with van der Waals surface area (Å²) in [6, 6.07) is 14.5. The molecule has 2 heterocycles. The van der Waals surface area contributed by atoms with Gasteiger partial charge in [-0.1, -0.05) is 36.8 Å². The molecular formula is C27H31N3O4. The van der Waals surface area contributed by atoms with Gasteiger partial charge in [-0.2, -0.15) is 0 Å². The third-order valence-electron chi connectivity index (χ3n) is 7.46. The zero-order valence-corrected chi connectivity index (χ0v) is 19.7. The molecule has 0 saturated heterocycles. The topological polar surface area (TPSA) is 84.7 Å². The third-order valence-corrected chi connectivity index (χ3v) is 7.46.